The normalized spacial score (nSPS) is 10.8. The Hall–Kier alpha value is -3.87. The maximum Gasteiger partial charge on any atom is 0.412 e. The smallest absolute Gasteiger partial charge is 0.412 e. The molecule has 0 bridgehead atoms. The van der Waals surface area contributed by atoms with Gasteiger partial charge in [0.05, 0.1) is 0 Å². The van der Waals surface area contributed by atoms with E-state index in [4.69, 9.17) is 4.74 Å². The average Bonchev–Trinajstić information content (AvgIpc) is 2.67. The van der Waals surface area contributed by atoms with Crippen LogP contribution >= 0.6 is 0 Å². The van der Waals surface area contributed by atoms with Crippen molar-refractivity contribution in [1.29, 1.82) is 0 Å². The summed E-state index contributed by atoms with van der Waals surface area (Å²) in [6, 6.07) is 17.9. The lowest BCUT2D eigenvalue weighted by molar-refractivity contribution is 0.0635. The zero-order valence-electron chi connectivity index (χ0n) is 18.0. The summed E-state index contributed by atoms with van der Waals surface area (Å²) < 4.78 is 5.25. The summed E-state index contributed by atoms with van der Waals surface area (Å²) in [4.78, 5) is 28.9. The molecule has 2 aromatic carbocycles. The molecule has 7 heteroatoms. The number of amides is 2. The van der Waals surface area contributed by atoms with Crippen molar-refractivity contribution < 1.29 is 14.3 Å². The van der Waals surface area contributed by atoms with E-state index in [2.05, 4.69) is 20.9 Å². The van der Waals surface area contributed by atoms with Gasteiger partial charge in [0.25, 0.3) is 5.91 Å². The summed E-state index contributed by atoms with van der Waals surface area (Å²) in [6.07, 6.45) is 1.16. The fourth-order valence-corrected chi connectivity index (χ4v) is 2.83. The fraction of sp³-hybridized carbons (Fsp3) is 0.208. The molecular weight excluding hydrogens is 392 g/mol. The molecule has 31 heavy (non-hydrogen) atoms. The SMILES string of the molecule is Cc1cc(Nc2cccc(NC(=O)c3cccc(NC(=O)OC(C)(C)C)c3)c2)ccn1. The molecule has 0 saturated carbocycles. The number of carbonyl (C=O) groups excluding carboxylic acids is 2. The van der Waals surface area contributed by atoms with Crippen molar-refractivity contribution in [3.05, 3.63) is 78.1 Å². The number of hydrogen-bond donors (Lipinski definition) is 3. The summed E-state index contributed by atoms with van der Waals surface area (Å²) in [6.45, 7) is 7.29. The molecule has 7 nitrogen and oxygen atoms in total. The highest BCUT2D eigenvalue weighted by Gasteiger charge is 2.16. The second-order valence-electron chi connectivity index (χ2n) is 8.05. The van der Waals surface area contributed by atoms with E-state index in [0.29, 0.717) is 16.9 Å². The quantitative estimate of drug-likeness (QED) is 0.492. The summed E-state index contributed by atoms with van der Waals surface area (Å²) in [5, 5.41) is 8.82. The minimum absolute atomic E-state index is 0.287. The van der Waals surface area contributed by atoms with Crippen LogP contribution < -0.4 is 16.0 Å². The molecule has 0 saturated heterocycles. The molecule has 3 rings (SSSR count). The van der Waals surface area contributed by atoms with Crippen LogP contribution in [0.25, 0.3) is 0 Å². The van der Waals surface area contributed by atoms with Gasteiger partial charge in [0.2, 0.25) is 0 Å². The number of nitrogens with one attached hydrogen (secondary N) is 3. The van der Waals surface area contributed by atoms with Gasteiger partial charge < -0.3 is 15.4 Å². The number of benzene rings is 2. The van der Waals surface area contributed by atoms with Gasteiger partial charge in [0, 0.05) is 40.2 Å². The number of aromatic nitrogens is 1. The Labute approximate surface area is 181 Å². The van der Waals surface area contributed by atoms with Crippen molar-refractivity contribution in [2.45, 2.75) is 33.3 Å². The Bertz CT molecular complexity index is 1090. The van der Waals surface area contributed by atoms with E-state index in [9.17, 15) is 9.59 Å². The van der Waals surface area contributed by atoms with Crippen LogP contribution in [0.5, 0.6) is 0 Å². The number of ether oxygens (including phenoxy) is 1. The van der Waals surface area contributed by atoms with E-state index in [1.807, 2.05) is 43.3 Å². The van der Waals surface area contributed by atoms with Crippen LogP contribution in [0.3, 0.4) is 0 Å². The standard InChI is InChI=1S/C24H26N4O3/c1-16-13-21(11-12-25-16)26-19-9-6-10-20(15-19)27-22(29)17-7-5-8-18(14-17)28-23(30)31-24(2,3)4/h5-15H,1-4H3,(H,25,26)(H,27,29)(H,28,30). The Morgan fingerprint density at radius 3 is 2.19 bits per heavy atom. The summed E-state index contributed by atoms with van der Waals surface area (Å²) in [5.74, 6) is -0.287. The van der Waals surface area contributed by atoms with Crippen molar-refractivity contribution >= 4 is 34.7 Å². The van der Waals surface area contributed by atoms with Crippen LogP contribution in [-0.2, 0) is 4.74 Å². The molecule has 3 N–H and O–H groups in total. The number of carbonyl (C=O) groups is 2. The monoisotopic (exact) mass is 418 g/mol. The lowest BCUT2D eigenvalue weighted by Gasteiger charge is -2.19. The lowest BCUT2D eigenvalue weighted by Crippen LogP contribution is -2.27. The van der Waals surface area contributed by atoms with Crippen molar-refractivity contribution in [3.8, 4) is 0 Å². The lowest BCUT2D eigenvalue weighted by atomic mass is 10.1. The van der Waals surface area contributed by atoms with E-state index in [-0.39, 0.29) is 5.91 Å². The first kappa shape index (κ1) is 21.8. The van der Waals surface area contributed by atoms with Gasteiger partial charge in [-0.15, -0.1) is 0 Å². The predicted octanol–water partition coefficient (Wildman–Crippen LogP) is 5.73. The van der Waals surface area contributed by atoms with Gasteiger partial charge in [-0.3, -0.25) is 15.1 Å². The van der Waals surface area contributed by atoms with Gasteiger partial charge >= 0.3 is 6.09 Å². The minimum atomic E-state index is -0.604. The number of aryl methyl sites for hydroxylation is 1. The minimum Gasteiger partial charge on any atom is -0.444 e. The van der Waals surface area contributed by atoms with Crippen LogP contribution in [0, 0.1) is 6.92 Å². The zero-order valence-corrected chi connectivity index (χ0v) is 18.0. The molecule has 0 spiro atoms. The van der Waals surface area contributed by atoms with E-state index in [0.717, 1.165) is 17.1 Å². The van der Waals surface area contributed by atoms with Crippen molar-refractivity contribution in [2.75, 3.05) is 16.0 Å². The Morgan fingerprint density at radius 1 is 0.839 bits per heavy atom. The third-order valence-electron chi connectivity index (χ3n) is 4.08. The molecule has 1 heterocycles. The summed E-state index contributed by atoms with van der Waals surface area (Å²) in [5.41, 5.74) is 3.59. The Kier molecular flexibility index (Phi) is 6.55. The molecule has 0 aliphatic carbocycles. The molecule has 0 aliphatic rings. The number of anilines is 4. The Balaban J connectivity index is 1.67. The maximum atomic E-state index is 12.7. The van der Waals surface area contributed by atoms with Crippen LogP contribution in [0.2, 0.25) is 0 Å². The topological polar surface area (TPSA) is 92.3 Å². The van der Waals surface area contributed by atoms with Crippen molar-refractivity contribution in [2.24, 2.45) is 0 Å². The molecule has 2 amide bonds. The second kappa shape index (κ2) is 9.30. The largest absolute Gasteiger partial charge is 0.444 e. The zero-order chi connectivity index (χ0) is 22.4. The van der Waals surface area contributed by atoms with Crippen LogP contribution in [0.1, 0.15) is 36.8 Å². The molecule has 0 aliphatic heterocycles. The highest BCUT2D eigenvalue weighted by atomic mass is 16.6. The van der Waals surface area contributed by atoms with E-state index in [1.54, 1.807) is 51.2 Å². The fourth-order valence-electron chi connectivity index (χ4n) is 2.83. The predicted molar refractivity (Wildman–Crippen MR) is 123 cm³/mol. The third kappa shape index (κ3) is 6.85. The van der Waals surface area contributed by atoms with Gasteiger partial charge in [0.1, 0.15) is 5.60 Å². The molecule has 0 fully saturated rings. The van der Waals surface area contributed by atoms with Crippen LogP contribution in [-0.4, -0.2) is 22.6 Å². The number of nitrogens with zero attached hydrogens (tertiary/aromatic N) is 1. The maximum absolute atomic E-state index is 12.7. The van der Waals surface area contributed by atoms with E-state index in [1.165, 1.54) is 0 Å². The highest BCUT2D eigenvalue weighted by molar-refractivity contribution is 6.05. The number of hydrogen-bond acceptors (Lipinski definition) is 5. The average molecular weight is 418 g/mol. The van der Waals surface area contributed by atoms with Crippen molar-refractivity contribution in [1.82, 2.24) is 4.98 Å². The van der Waals surface area contributed by atoms with Gasteiger partial charge in [-0.25, -0.2) is 4.79 Å². The third-order valence-corrected chi connectivity index (χ3v) is 4.08. The second-order valence-corrected chi connectivity index (χ2v) is 8.05. The summed E-state index contributed by atoms with van der Waals surface area (Å²) in [7, 11) is 0. The Morgan fingerprint density at radius 2 is 1.48 bits per heavy atom. The van der Waals surface area contributed by atoms with E-state index >= 15 is 0 Å². The molecule has 0 atom stereocenters. The first-order chi connectivity index (χ1) is 14.7. The van der Waals surface area contributed by atoms with Crippen LogP contribution in [0.15, 0.2) is 66.9 Å². The van der Waals surface area contributed by atoms with Crippen molar-refractivity contribution in [3.63, 3.8) is 0 Å². The molecular formula is C24H26N4O3. The highest BCUT2D eigenvalue weighted by Crippen LogP contribution is 2.21. The van der Waals surface area contributed by atoms with Gasteiger partial charge in [-0.05, 0) is 76.2 Å². The summed E-state index contributed by atoms with van der Waals surface area (Å²) >= 11 is 0. The number of pyridine rings is 1. The molecule has 160 valence electrons. The molecule has 1 aromatic heterocycles. The van der Waals surface area contributed by atoms with Crippen LogP contribution in [0.4, 0.5) is 27.5 Å². The molecule has 0 unspecified atom stereocenters. The molecule has 3 aromatic rings. The van der Waals surface area contributed by atoms with Gasteiger partial charge in [-0.2, -0.15) is 0 Å². The number of rotatable bonds is 5. The first-order valence-corrected chi connectivity index (χ1v) is 9.89. The molecule has 0 radical (unpaired) electrons. The van der Waals surface area contributed by atoms with E-state index < -0.39 is 11.7 Å². The van der Waals surface area contributed by atoms with Gasteiger partial charge in [-0.1, -0.05) is 12.1 Å². The first-order valence-electron chi connectivity index (χ1n) is 9.89. The van der Waals surface area contributed by atoms with Gasteiger partial charge in [0.15, 0.2) is 0 Å².